The molecule has 1 atom stereocenters. The van der Waals surface area contributed by atoms with Crippen LogP contribution in [0, 0.1) is 30.0 Å². The minimum atomic E-state index is -0.655. The van der Waals surface area contributed by atoms with E-state index in [0.29, 0.717) is 17.5 Å². The van der Waals surface area contributed by atoms with Crippen LogP contribution >= 0.6 is 0 Å². The lowest BCUT2D eigenvalue weighted by Crippen LogP contribution is -2.52. The lowest BCUT2D eigenvalue weighted by atomic mass is 9.96. The van der Waals surface area contributed by atoms with E-state index < -0.39 is 5.54 Å². The van der Waals surface area contributed by atoms with Crippen molar-refractivity contribution in [1.82, 2.24) is 5.32 Å². The summed E-state index contributed by atoms with van der Waals surface area (Å²) in [6, 6.07) is 7.93. The molecule has 106 valence electrons. The van der Waals surface area contributed by atoms with E-state index in [2.05, 4.69) is 11.4 Å². The van der Waals surface area contributed by atoms with Crippen LogP contribution in [0.1, 0.15) is 31.2 Å². The average molecular weight is 274 g/mol. The number of halogens is 1. The number of benzene rings is 1. The number of nitrogens with one attached hydrogen (secondary N) is 1. The van der Waals surface area contributed by atoms with Crippen LogP contribution in [0.2, 0.25) is 0 Å². The maximum absolute atomic E-state index is 13.9. The van der Waals surface area contributed by atoms with Gasteiger partial charge in [-0.05, 0) is 50.2 Å². The Morgan fingerprint density at radius 1 is 1.40 bits per heavy atom. The molecule has 2 aliphatic carbocycles. The molecular weight excluding hydrogens is 255 g/mol. The van der Waals surface area contributed by atoms with Crippen LogP contribution < -0.4 is 10.1 Å². The molecule has 3 rings (SSSR count). The predicted molar refractivity (Wildman–Crippen MR) is 73.9 cm³/mol. The Morgan fingerprint density at radius 3 is 2.75 bits per heavy atom. The Balaban J connectivity index is 1.73. The molecule has 3 nitrogen and oxygen atoms in total. The first-order valence-corrected chi connectivity index (χ1v) is 7.21. The summed E-state index contributed by atoms with van der Waals surface area (Å²) in [5.74, 6) is 0.241. The van der Waals surface area contributed by atoms with Crippen LogP contribution in [0.4, 0.5) is 4.39 Å². The van der Waals surface area contributed by atoms with Crippen molar-refractivity contribution in [2.75, 3.05) is 6.61 Å². The van der Waals surface area contributed by atoms with Crippen molar-refractivity contribution in [1.29, 1.82) is 5.26 Å². The third-order valence-electron chi connectivity index (χ3n) is 4.12. The van der Waals surface area contributed by atoms with Crippen LogP contribution in [0.25, 0.3) is 0 Å². The van der Waals surface area contributed by atoms with E-state index in [1.807, 2.05) is 0 Å². The summed E-state index contributed by atoms with van der Waals surface area (Å²) in [5.41, 5.74) is -0.0937. The predicted octanol–water partition coefficient (Wildman–Crippen LogP) is 2.94. The molecule has 1 N–H and O–H groups in total. The number of hydrogen-bond donors (Lipinski definition) is 1. The monoisotopic (exact) mass is 274 g/mol. The van der Waals surface area contributed by atoms with Crippen LogP contribution in [0.3, 0.4) is 0 Å². The van der Waals surface area contributed by atoms with E-state index >= 15 is 0 Å². The van der Waals surface area contributed by atoms with Gasteiger partial charge in [0.15, 0.2) is 11.6 Å². The molecule has 0 spiro atoms. The molecule has 2 saturated carbocycles. The van der Waals surface area contributed by atoms with Gasteiger partial charge in [0, 0.05) is 6.04 Å². The van der Waals surface area contributed by atoms with Gasteiger partial charge in [0.1, 0.15) is 12.1 Å². The first kappa shape index (κ1) is 13.4. The standard InChI is InChI=1S/C16H19FN2O/c1-11-3-2-4-14(15(11)17)20-10-16(9-18,12-5-6-12)19-13-7-8-13/h2-4,12-13,19H,5-8,10H2,1H3. The highest BCUT2D eigenvalue weighted by atomic mass is 19.1. The van der Waals surface area contributed by atoms with E-state index in [9.17, 15) is 9.65 Å². The summed E-state index contributed by atoms with van der Waals surface area (Å²) >= 11 is 0. The van der Waals surface area contributed by atoms with Crippen LogP contribution in [-0.2, 0) is 0 Å². The summed E-state index contributed by atoms with van der Waals surface area (Å²) < 4.78 is 19.6. The fraction of sp³-hybridized carbons (Fsp3) is 0.562. The topological polar surface area (TPSA) is 45.0 Å². The van der Waals surface area contributed by atoms with Gasteiger partial charge in [-0.15, -0.1) is 0 Å². The quantitative estimate of drug-likeness (QED) is 0.867. The van der Waals surface area contributed by atoms with Gasteiger partial charge < -0.3 is 4.74 Å². The van der Waals surface area contributed by atoms with Gasteiger partial charge in [0.25, 0.3) is 0 Å². The highest BCUT2D eigenvalue weighted by molar-refractivity contribution is 5.31. The largest absolute Gasteiger partial charge is 0.487 e. The van der Waals surface area contributed by atoms with E-state index in [1.165, 1.54) is 0 Å². The Morgan fingerprint density at radius 2 is 2.15 bits per heavy atom. The Labute approximate surface area is 118 Å². The van der Waals surface area contributed by atoms with Crippen molar-refractivity contribution in [2.45, 2.75) is 44.2 Å². The van der Waals surface area contributed by atoms with Crippen molar-refractivity contribution in [2.24, 2.45) is 5.92 Å². The molecule has 20 heavy (non-hydrogen) atoms. The van der Waals surface area contributed by atoms with E-state index in [4.69, 9.17) is 4.74 Å². The van der Waals surface area contributed by atoms with Crippen molar-refractivity contribution in [3.8, 4) is 11.8 Å². The third kappa shape index (κ3) is 2.64. The molecule has 4 heteroatoms. The second-order valence-electron chi connectivity index (χ2n) is 5.95. The molecule has 1 aromatic carbocycles. The molecule has 1 aromatic rings. The average Bonchev–Trinajstić information content (AvgIpc) is 3.31. The summed E-state index contributed by atoms with van der Waals surface area (Å²) in [6.07, 6.45) is 4.34. The SMILES string of the molecule is Cc1cccc(OCC(C#N)(NC2CC2)C2CC2)c1F. The summed E-state index contributed by atoms with van der Waals surface area (Å²) in [7, 11) is 0. The number of nitrogens with zero attached hydrogens (tertiary/aromatic N) is 1. The molecule has 0 radical (unpaired) electrons. The van der Waals surface area contributed by atoms with Crippen LogP contribution in [-0.4, -0.2) is 18.2 Å². The van der Waals surface area contributed by atoms with Crippen molar-refractivity contribution in [3.63, 3.8) is 0 Å². The molecule has 2 aliphatic rings. The molecule has 0 heterocycles. The lowest BCUT2D eigenvalue weighted by molar-refractivity contribution is 0.194. The summed E-state index contributed by atoms with van der Waals surface area (Å²) in [6.45, 7) is 1.92. The summed E-state index contributed by atoms with van der Waals surface area (Å²) in [4.78, 5) is 0. The number of aryl methyl sites for hydroxylation is 1. The normalized spacial score (nSPS) is 21.1. The first-order valence-electron chi connectivity index (χ1n) is 7.21. The number of nitriles is 1. The maximum atomic E-state index is 13.9. The van der Waals surface area contributed by atoms with Crippen molar-refractivity contribution < 1.29 is 9.13 Å². The molecule has 0 aliphatic heterocycles. The maximum Gasteiger partial charge on any atom is 0.167 e. The number of rotatable bonds is 6. The van der Waals surface area contributed by atoms with Gasteiger partial charge >= 0.3 is 0 Å². The summed E-state index contributed by atoms with van der Waals surface area (Å²) in [5, 5.41) is 13.0. The second-order valence-corrected chi connectivity index (χ2v) is 5.95. The third-order valence-corrected chi connectivity index (χ3v) is 4.12. The Bertz CT molecular complexity index is 546. The fourth-order valence-corrected chi connectivity index (χ4v) is 2.52. The Kier molecular flexibility index (Phi) is 3.39. The van der Waals surface area contributed by atoms with Gasteiger partial charge in [0.2, 0.25) is 0 Å². The van der Waals surface area contributed by atoms with Gasteiger partial charge in [-0.1, -0.05) is 12.1 Å². The fourth-order valence-electron chi connectivity index (χ4n) is 2.52. The van der Waals surface area contributed by atoms with Crippen LogP contribution in [0.5, 0.6) is 5.75 Å². The van der Waals surface area contributed by atoms with Crippen molar-refractivity contribution in [3.05, 3.63) is 29.6 Å². The van der Waals surface area contributed by atoms with E-state index in [-0.39, 0.29) is 18.2 Å². The minimum absolute atomic E-state index is 0.213. The van der Waals surface area contributed by atoms with Crippen molar-refractivity contribution >= 4 is 0 Å². The smallest absolute Gasteiger partial charge is 0.167 e. The highest BCUT2D eigenvalue weighted by Crippen LogP contribution is 2.41. The number of ether oxygens (including phenoxy) is 1. The van der Waals surface area contributed by atoms with Gasteiger partial charge in [0.05, 0.1) is 6.07 Å². The molecule has 0 amide bonds. The molecular formula is C16H19FN2O. The van der Waals surface area contributed by atoms with E-state index in [0.717, 1.165) is 25.7 Å². The highest BCUT2D eigenvalue weighted by Gasteiger charge is 2.49. The minimum Gasteiger partial charge on any atom is -0.487 e. The van der Waals surface area contributed by atoms with E-state index in [1.54, 1.807) is 25.1 Å². The zero-order valence-electron chi connectivity index (χ0n) is 11.7. The van der Waals surface area contributed by atoms with Gasteiger partial charge in [-0.2, -0.15) is 5.26 Å². The molecule has 0 aromatic heterocycles. The second kappa shape index (κ2) is 5.06. The Hall–Kier alpha value is -1.60. The molecule has 0 saturated heterocycles. The molecule has 0 bridgehead atoms. The molecule has 2 fully saturated rings. The van der Waals surface area contributed by atoms with Gasteiger partial charge in [-0.25, -0.2) is 4.39 Å². The number of hydrogen-bond acceptors (Lipinski definition) is 3. The lowest BCUT2D eigenvalue weighted by Gasteiger charge is -2.28. The molecule has 1 unspecified atom stereocenters. The zero-order chi connectivity index (χ0) is 14.2. The van der Waals surface area contributed by atoms with Gasteiger partial charge in [-0.3, -0.25) is 5.32 Å². The first-order chi connectivity index (χ1) is 9.64. The van der Waals surface area contributed by atoms with Crippen LogP contribution in [0.15, 0.2) is 18.2 Å². The zero-order valence-corrected chi connectivity index (χ0v) is 11.7.